The van der Waals surface area contributed by atoms with Gasteiger partial charge in [-0.2, -0.15) is 4.89 Å². The summed E-state index contributed by atoms with van der Waals surface area (Å²) >= 11 is 0. The molecule has 1 aliphatic rings. The van der Waals surface area contributed by atoms with Gasteiger partial charge in [0.05, 0.1) is 6.61 Å². The van der Waals surface area contributed by atoms with E-state index >= 15 is 0 Å². The van der Waals surface area contributed by atoms with Crippen molar-refractivity contribution in [1.82, 2.24) is 0 Å². The van der Waals surface area contributed by atoms with Crippen LogP contribution in [0.3, 0.4) is 0 Å². The lowest BCUT2D eigenvalue weighted by Crippen LogP contribution is -1.81. The minimum Gasteiger partial charge on any atom is -0.392 e. The van der Waals surface area contributed by atoms with E-state index in [1.807, 2.05) is 24.3 Å². The van der Waals surface area contributed by atoms with Gasteiger partial charge in [-0.05, 0) is 17.7 Å². The SMILES string of the molecule is OCC=Cc1ccc2c(c1)COO2. The normalized spacial score (nSPS) is 14.5. The van der Waals surface area contributed by atoms with E-state index in [2.05, 4.69) is 0 Å². The number of aliphatic hydroxyl groups excluding tert-OH is 1. The molecule has 0 unspecified atom stereocenters. The smallest absolute Gasteiger partial charge is 0.171 e. The molecule has 0 saturated carbocycles. The molecule has 1 aromatic carbocycles. The second-order valence-corrected chi connectivity index (χ2v) is 2.80. The van der Waals surface area contributed by atoms with E-state index in [1.54, 1.807) is 6.08 Å². The number of rotatable bonds is 2. The van der Waals surface area contributed by atoms with Crippen LogP contribution in [0.2, 0.25) is 0 Å². The van der Waals surface area contributed by atoms with Gasteiger partial charge in [-0.1, -0.05) is 18.2 Å². The second kappa shape index (κ2) is 3.60. The van der Waals surface area contributed by atoms with E-state index in [-0.39, 0.29) is 6.61 Å². The molecule has 68 valence electrons. The summed E-state index contributed by atoms with van der Waals surface area (Å²) < 4.78 is 0. The highest BCUT2D eigenvalue weighted by Crippen LogP contribution is 2.26. The average Bonchev–Trinajstić information content (AvgIpc) is 2.61. The predicted molar refractivity (Wildman–Crippen MR) is 48.0 cm³/mol. The maximum atomic E-state index is 8.58. The molecule has 0 bridgehead atoms. The van der Waals surface area contributed by atoms with E-state index in [0.717, 1.165) is 16.9 Å². The standard InChI is InChI=1S/C10H10O3/c11-5-1-2-8-3-4-10-9(6-8)7-12-13-10/h1-4,6,11H,5,7H2. The van der Waals surface area contributed by atoms with Crippen LogP contribution in [0, 0.1) is 0 Å². The molecule has 0 fully saturated rings. The second-order valence-electron chi connectivity index (χ2n) is 2.80. The van der Waals surface area contributed by atoms with Crippen LogP contribution in [-0.4, -0.2) is 11.7 Å². The Labute approximate surface area is 76.1 Å². The fourth-order valence-electron chi connectivity index (χ4n) is 1.24. The highest BCUT2D eigenvalue weighted by Gasteiger charge is 2.12. The topological polar surface area (TPSA) is 38.7 Å². The summed E-state index contributed by atoms with van der Waals surface area (Å²) in [7, 11) is 0. The molecule has 0 saturated heterocycles. The van der Waals surface area contributed by atoms with Crippen molar-refractivity contribution < 1.29 is 14.9 Å². The van der Waals surface area contributed by atoms with Crippen molar-refractivity contribution in [2.45, 2.75) is 6.61 Å². The summed E-state index contributed by atoms with van der Waals surface area (Å²) in [6.07, 6.45) is 3.55. The van der Waals surface area contributed by atoms with Gasteiger partial charge in [-0.15, -0.1) is 0 Å². The molecule has 3 heteroatoms. The van der Waals surface area contributed by atoms with Gasteiger partial charge in [0.2, 0.25) is 0 Å². The zero-order valence-corrected chi connectivity index (χ0v) is 7.06. The molecule has 3 nitrogen and oxygen atoms in total. The van der Waals surface area contributed by atoms with E-state index in [9.17, 15) is 0 Å². The molecule has 0 atom stereocenters. The van der Waals surface area contributed by atoms with Crippen LogP contribution in [0.15, 0.2) is 24.3 Å². The van der Waals surface area contributed by atoms with Crippen molar-refractivity contribution in [3.8, 4) is 5.75 Å². The number of hydrogen-bond donors (Lipinski definition) is 1. The minimum absolute atomic E-state index is 0.0596. The molecule has 1 aromatic rings. The van der Waals surface area contributed by atoms with Gasteiger partial charge in [0.15, 0.2) is 5.75 Å². The van der Waals surface area contributed by atoms with E-state index < -0.39 is 0 Å². The summed E-state index contributed by atoms with van der Waals surface area (Å²) in [6, 6.07) is 5.76. The van der Waals surface area contributed by atoms with Crippen LogP contribution in [0.4, 0.5) is 0 Å². The highest BCUT2D eigenvalue weighted by atomic mass is 17.2. The minimum atomic E-state index is 0.0596. The number of fused-ring (bicyclic) bond motifs is 1. The molecule has 0 spiro atoms. The highest BCUT2D eigenvalue weighted by molar-refractivity contribution is 5.53. The van der Waals surface area contributed by atoms with Crippen molar-refractivity contribution in [1.29, 1.82) is 0 Å². The van der Waals surface area contributed by atoms with Gasteiger partial charge >= 0.3 is 0 Å². The van der Waals surface area contributed by atoms with Crippen LogP contribution in [0.1, 0.15) is 11.1 Å². The first kappa shape index (κ1) is 8.29. The Balaban J connectivity index is 2.25. The van der Waals surface area contributed by atoms with Gasteiger partial charge < -0.3 is 9.99 Å². The lowest BCUT2D eigenvalue weighted by molar-refractivity contribution is -0.194. The summed E-state index contributed by atoms with van der Waals surface area (Å²) in [5.74, 6) is 0.779. The van der Waals surface area contributed by atoms with Crippen molar-refractivity contribution >= 4 is 6.08 Å². The Morgan fingerprint density at radius 3 is 3.23 bits per heavy atom. The van der Waals surface area contributed by atoms with Crippen molar-refractivity contribution in [3.63, 3.8) is 0 Å². The lowest BCUT2D eigenvalue weighted by atomic mass is 10.1. The summed E-state index contributed by atoms with van der Waals surface area (Å²) in [4.78, 5) is 9.69. The molecule has 0 radical (unpaired) electrons. The third-order valence-corrected chi connectivity index (χ3v) is 1.86. The third-order valence-electron chi connectivity index (χ3n) is 1.86. The molecule has 1 aliphatic heterocycles. The zero-order valence-electron chi connectivity index (χ0n) is 7.06. The van der Waals surface area contributed by atoms with E-state index in [0.29, 0.717) is 6.61 Å². The van der Waals surface area contributed by atoms with Crippen molar-refractivity contribution in [2.75, 3.05) is 6.61 Å². The van der Waals surface area contributed by atoms with Crippen LogP contribution < -0.4 is 4.89 Å². The Morgan fingerprint density at radius 2 is 2.38 bits per heavy atom. The summed E-state index contributed by atoms with van der Waals surface area (Å²) in [6.45, 7) is 0.556. The molecule has 0 aromatic heterocycles. The van der Waals surface area contributed by atoms with Crippen LogP contribution in [0.5, 0.6) is 5.75 Å². The first-order valence-electron chi connectivity index (χ1n) is 4.10. The number of hydrogen-bond acceptors (Lipinski definition) is 3. The molecule has 13 heavy (non-hydrogen) atoms. The third kappa shape index (κ3) is 1.71. The van der Waals surface area contributed by atoms with E-state index in [1.165, 1.54) is 0 Å². The van der Waals surface area contributed by atoms with Gasteiger partial charge in [-0.3, -0.25) is 0 Å². The Bertz CT molecular complexity index is 331. The monoisotopic (exact) mass is 178 g/mol. The maximum absolute atomic E-state index is 8.58. The molecular weight excluding hydrogens is 168 g/mol. The first-order valence-corrected chi connectivity index (χ1v) is 4.10. The molecule has 1 N–H and O–H groups in total. The number of aliphatic hydroxyl groups is 1. The Hall–Kier alpha value is -1.32. The average molecular weight is 178 g/mol. The molecule has 0 amide bonds. The number of benzene rings is 1. The van der Waals surface area contributed by atoms with Gasteiger partial charge in [0.25, 0.3) is 0 Å². The fraction of sp³-hybridized carbons (Fsp3) is 0.200. The molecule has 2 rings (SSSR count). The molecule has 0 aliphatic carbocycles. The fourth-order valence-corrected chi connectivity index (χ4v) is 1.24. The predicted octanol–water partition coefficient (Wildman–Crippen LogP) is 1.52. The molecule has 1 heterocycles. The molecular formula is C10H10O3. The maximum Gasteiger partial charge on any atom is 0.171 e. The van der Waals surface area contributed by atoms with Gasteiger partial charge in [-0.25, -0.2) is 0 Å². The Morgan fingerprint density at radius 1 is 1.46 bits per heavy atom. The quantitative estimate of drug-likeness (QED) is 0.698. The lowest BCUT2D eigenvalue weighted by Gasteiger charge is -1.96. The van der Waals surface area contributed by atoms with E-state index in [4.69, 9.17) is 14.9 Å². The summed E-state index contributed by atoms with van der Waals surface area (Å²) in [5, 5.41) is 8.58. The summed E-state index contributed by atoms with van der Waals surface area (Å²) in [5.41, 5.74) is 2.09. The zero-order chi connectivity index (χ0) is 9.10. The van der Waals surface area contributed by atoms with Gasteiger partial charge in [0.1, 0.15) is 6.61 Å². The first-order chi connectivity index (χ1) is 6.40. The van der Waals surface area contributed by atoms with Crippen molar-refractivity contribution in [3.05, 3.63) is 35.4 Å². The van der Waals surface area contributed by atoms with Gasteiger partial charge in [0, 0.05) is 5.56 Å². The van der Waals surface area contributed by atoms with Crippen LogP contribution >= 0.6 is 0 Å². The van der Waals surface area contributed by atoms with Crippen LogP contribution in [-0.2, 0) is 11.5 Å². The largest absolute Gasteiger partial charge is 0.392 e. The Kier molecular flexibility index (Phi) is 2.29. The van der Waals surface area contributed by atoms with Crippen molar-refractivity contribution in [2.24, 2.45) is 0 Å². The van der Waals surface area contributed by atoms with Crippen LogP contribution in [0.25, 0.3) is 6.08 Å².